The van der Waals surface area contributed by atoms with Crippen LogP contribution in [0.2, 0.25) is 0 Å². The maximum absolute atomic E-state index is 12.6. The molecule has 3 aromatic carbocycles. The molecule has 1 heterocycles. The van der Waals surface area contributed by atoms with E-state index in [9.17, 15) is 13.2 Å². The first kappa shape index (κ1) is 23.8. The van der Waals surface area contributed by atoms with Crippen LogP contribution in [0, 0.1) is 6.92 Å². The summed E-state index contributed by atoms with van der Waals surface area (Å²) in [6.07, 6.45) is 0. The van der Waals surface area contributed by atoms with Crippen molar-refractivity contribution in [2.24, 2.45) is 5.14 Å². The van der Waals surface area contributed by atoms with E-state index in [1.54, 1.807) is 19.1 Å². The minimum Gasteiger partial charge on any atom is -0.494 e. The van der Waals surface area contributed by atoms with Crippen LogP contribution in [0.5, 0.6) is 5.75 Å². The molecule has 1 amide bonds. The molecule has 0 unspecified atom stereocenters. The Morgan fingerprint density at radius 3 is 2.56 bits per heavy atom. The van der Waals surface area contributed by atoms with E-state index in [0.29, 0.717) is 23.0 Å². The summed E-state index contributed by atoms with van der Waals surface area (Å²) in [6.45, 7) is 4.17. The second-order valence-corrected chi connectivity index (χ2v) is 9.98. The van der Waals surface area contributed by atoms with Gasteiger partial charge in [-0.05, 0) is 67.9 Å². The fourth-order valence-corrected chi connectivity index (χ4v) is 5.16. The van der Waals surface area contributed by atoms with Crippen molar-refractivity contribution >= 4 is 44.4 Å². The molecule has 0 atom stereocenters. The number of fused-ring (bicyclic) bond motifs is 1. The van der Waals surface area contributed by atoms with Crippen LogP contribution in [-0.4, -0.2) is 36.2 Å². The number of hydrogen-bond donors (Lipinski definition) is 2. The molecule has 10 heteroatoms. The molecule has 0 fully saturated rings. The minimum atomic E-state index is -3.88. The number of nitrogens with zero attached hydrogens (tertiary/aromatic N) is 2. The summed E-state index contributed by atoms with van der Waals surface area (Å²) < 4.78 is 31.1. The maximum Gasteiger partial charge on any atom is 0.238 e. The summed E-state index contributed by atoms with van der Waals surface area (Å²) in [6, 6.07) is 20.1. The number of nitrogens with two attached hydrogens (primary N) is 1. The first-order chi connectivity index (χ1) is 16.3. The van der Waals surface area contributed by atoms with Gasteiger partial charge >= 0.3 is 0 Å². The van der Waals surface area contributed by atoms with E-state index < -0.39 is 10.0 Å². The molecule has 0 radical (unpaired) electrons. The van der Waals surface area contributed by atoms with Crippen molar-refractivity contribution in [3.05, 3.63) is 72.3 Å². The number of nitrogens with one attached hydrogen (secondary N) is 1. The molecule has 8 nitrogen and oxygen atoms in total. The second-order valence-electron chi connectivity index (χ2n) is 7.51. The first-order valence-electron chi connectivity index (χ1n) is 10.5. The first-order valence-corrected chi connectivity index (χ1v) is 13.1. The highest BCUT2D eigenvalue weighted by Gasteiger charge is 2.16. The lowest BCUT2D eigenvalue weighted by Gasteiger charge is -2.11. The van der Waals surface area contributed by atoms with Gasteiger partial charge in [-0.3, -0.25) is 9.36 Å². The highest BCUT2D eigenvalue weighted by atomic mass is 32.2. The van der Waals surface area contributed by atoms with Crippen molar-refractivity contribution in [2.45, 2.75) is 23.9 Å². The van der Waals surface area contributed by atoms with E-state index in [0.717, 1.165) is 22.5 Å². The van der Waals surface area contributed by atoms with Gasteiger partial charge in [-0.1, -0.05) is 30.0 Å². The molecule has 1 aromatic heterocycles. The summed E-state index contributed by atoms with van der Waals surface area (Å²) in [5.41, 5.74) is 3.51. The number of sulfonamides is 1. The molecule has 0 aliphatic carbocycles. The number of anilines is 1. The van der Waals surface area contributed by atoms with E-state index >= 15 is 0 Å². The van der Waals surface area contributed by atoms with E-state index in [4.69, 9.17) is 14.9 Å². The fraction of sp³-hybridized carbons (Fsp3) is 0.167. The largest absolute Gasteiger partial charge is 0.494 e. The van der Waals surface area contributed by atoms with Gasteiger partial charge in [-0.2, -0.15) is 0 Å². The van der Waals surface area contributed by atoms with Gasteiger partial charge in [0.15, 0.2) is 5.16 Å². The smallest absolute Gasteiger partial charge is 0.238 e. The number of imidazole rings is 1. The number of carbonyl (C=O) groups is 1. The van der Waals surface area contributed by atoms with Gasteiger partial charge in [0.2, 0.25) is 15.9 Å². The number of hydrogen-bond acceptors (Lipinski definition) is 6. The predicted octanol–water partition coefficient (Wildman–Crippen LogP) is 4.11. The number of aromatic nitrogens is 2. The lowest BCUT2D eigenvalue weighted by molar-refractivity contribution is -0.113. The third-order valence-corrected chi connectivity index (χ3v) is 7.04. The molecule has 34 heavy (non-hydrogen) atoms. The summed E-state index contributed by atoms with van der Waals surface area (Å²) >= 11 is 1.29. The summed E-state index contributed by atoms with van der Waals surface area (Å²) in [7, 11) is -3.88. The lowest BCUT2D eigenvalue weighted by Crippen LogP contribution is -2.17. The van der Waals surface area contributed by atoms with Crippen LogP contribution < -0.4 is 15.2 Å². The Morgan fingerprint density at radius 1 is 1.12 bits per heavy atom. The maximum atomic E-state index is 12.6. The Kier molecular flexibility index (Phi) is 6.92. The minimum absolute atomic E-state index is 0.0183. The lowest BCUT2D eigenvalue weighted by atomic mass is 10.2. The molecule has 0 aliphatic heterocycles. The Morgan fingerprint density at radius 2 is 1.85 bits per heavy atom. The van der Waals surface area contributed by atoms with Gasteiger partial charge in [-0.15, -0.1) is 0 Å². The Labute approximate surface area is 202 Å². The van der Waals surface area contributed by atoms with Gasteiger partial charge in [-0.25, -0.2) is 18.5 Å². The standard InChI is InChI=1S/C24H24N4O4S2/c1-3-32-19-12-10-18(11-13-19)28-21-7-5-4-6-20(21)27-24(28)33-15-23(29)26-17-9-8-16(2)22(14-17)34(25,30)31/h4-14H,3,15H2,1-2H3,(H,26,29)(H2,25,30,31). The number of ether oxygens (including phenoxy) is 1. The Balaban J connectivity index is 1.56. The van der Waals surface area contributed by atoms with Crippen molar-refractivity contribution in [1.82, 2.24) is 9.55 Å². The number of para-hydroxylation sites is 2. The zero-order valence-corrected chi connectivity index (χ0v) is 20.3. The molecule has 4 aromatic rings. The van der Waals surface area contributed by atoms with E-state index in [2.05, 4.69) is 5.32 Å². The van der Waals surface area contributed by atoms with Crippen LogP contribution in [0.25, 0.3) is 16.7 Å². The number of rotatable bonds is 8. The van der Waals surface area contributed by atoms with Crippen LogP contribution in [0.3, 0.4) is 0 Å². The highest BCUT2D eigenvalue weighted by Crippen LogP contribution is 2.29. The molecule has 0 saturated carbocycles. The zero-order chi connectivity index (χ0) is 24.3. The number of carbonyl (C=O) groups excluding carboxylic acids is 1. The number of aryl methyl sites for hydroxylation is 1. The normalized spacial score (nSPS) is 11.5. The highest BCUT2D eigenvalue weighted by molar-refractivity contribution is 7.99. The Hall–Kier alpha value is -3.34. The van der Waals surface area contributed by atoms with Crippen molar-refractivity contribution in [3.63, 3.8) is 0 Å². The summed E-state index contributed by atoms with van der Waals surface area (Å²) in [5, 5.41) is 8.66. The van der Waals surface area contributed by atoms with Gasteiger partial charge < -0.3 is 10.1 Å². The molecule has 4 rings (SSSR count). The summed E-state index contributed by atoms with van der Waals surface area (Å²) in [5.74, 6) is 0.569. The second kappa shape index (κ2) is 9.88. The monoisotopic (exact) mass is 496 g/mol. The molecule has 0 saturated heterocycles. The quantitative estimate of drug-likeness (QED) is 0.355. The average molecular weight is 497 g/mol. The topological polar surface area (TPSA) is 116 Å². The van der Waals surface area contributed by atoms with Gasteiger partial charge in [0.1, 0.15) is 5.75 Å². The van der Waals surface area contributed by atoms with Gasteiger partial charge in [0.05, 0.1) is 28.3 Å². The molecule has 0 spiro atoms. The predicted molar refractivity (Wildman–Crippen MR) is 134 cm³/mol. The van der Waals surface area contributed by atoms with Crippen LogP contribution in [0.4, 0.5) is 5.69 Å². The van der Waals surface area contributed by atoms with E-state index in [1.807, 2.05) is 60.0 Å². The zero-order valence-electron chi connectivity index (χ0n) is 18.7. The van der Waals surface area contributed by atoms with Crippen LogP contribution >= 0.6 is 11.8 Å². The van der Waals surface area contributed by atoms with Crippen LogP contribution in [0.1, 0.15) is 12.5 Å². The molecule has 0 bridgehead atoms. The summed E-state index contributed by atoms with van der Waals surface area (Å²) in [4.78, 5) is 17.3. The molecular formula is C24H24N4O4S2. The number of primary sulfonamides is 1. The van der Waals surface area contributed by atoms with Crippen molar-refractivity contribution in [1.29, 1.82) is 0 Å². The molecular weight excluding hydrogens is 472 g/mol. The Bertz CT molecular complexity index is 1450. The third-order valence-electron chi connectivity index (χ3n) is 5.05. The van der Waals surface area contributed by atoms with Gasteiger partial charge in [0.25, 0.3) is 0 Å². The number of benzene rings is 3. The molecule has 0 aliphatic rings. The molecule has 176 valence electrons. The fourth-order valence-electron chi connectivity index (χ4n) is 3.52. The van der Waals surface area contributed by atoms with Crippen molar-refractivity contribution in [2.75, 3.05) is 17.7 Å². The number of thioether (sulfide) groups is 1. The number of amides is 1. The van der Waals surface area contributed by atoms with E-state index in [1.165, 1.54) is 17.8 Å². The van der Waals surface area contributed by atoms with E-state index in [-0.39, 0.29) is 16.6 Å². The van der Waals surface area contributed by atoms with Crippen LogP contribution in [0.15, 0.2) is 76.8 Å². The van der Waals surface area contributed by atoms with Crippen molar-refractivity contribution < 1.29 is 17.9 Å². The van der Waals surface area contributed by atoms with Crippen LogP contribution in [-0.2, 0) is 14.8 Å². The van der Waals surface area contributed by atoms with Crippen molar-refractivity contribution in [3.8, 4) is 11.4 Å². The molecule has 3 N–H and O–H groups in total. The SMILES string of the molecule is CCOc1ccc(-n2c(SCC(=O)Nc3ccc(C)c(S(N)(=O)=O)c3)nc3ccccc32)cc1. The van der Waals surface area contributed by atoms with Gasteiger partial charge in [0, 0.05) is 11.4 Å². The third kappa shape index (κ3) is 5.24. The average Bonchev–Trinajstić information content (AvgIpc) is 3.17.